The zero-order chi connectivity index (χ0) is 38.6. The van der Waals surface area contributed by atoms with Crippen LogP contribution in [-0.2, 0) is 39.6 Å². The summed E-state index contributed by atoms with van der Waals surface area (Å²) >= 11 is 0. The summed E-state index contributed by atoms with van der Waals surface area (Å²) in [5.74, 6) is -3.60. The van der Waals surface area contributed by atoms with E-state index < -0.39 is 111 Å². The molecule has 3 aliphatic rings. The highest BCUT2D eigenvalue weighted by atomic mass is 16.7. The van der Waals surface area contributed by atoms with Crippen LogP contribution in [0.4, 0.5) is 0 Å². The number of phenols is 4. The van der Waals surface area contributed by atoms with Crippen LogP contribution < -0.4 is 0 Å². The van der Waals surface area contributed by atoms with E-state index in [0.717, 1.165) is 6.08 Å². The average Bonchev–Trinajstić information content (AvgIpc) is 3.42. The summed E-state index contributed by atoms with van der Waals surface area (Å²) in [6, 6.07) is 7.93. The molecule has 53 heavy (non-hydrogen) atoms. The number of hydrogen-bond donors (Lipinski definition) is 11. The molecule has 2 aromatic rings. The van der Waals surface area contributed by atoms with E-state index in [-0.39, 0.29) is 36.7 Å². The van der Waals surface area contributed by atoms with Crippen LogP contribution in [0, 0.1) is 5.92 Å². The monoisotopic (exact) mass is 754 g/mol. The minimum Gasteiger partial charge on any atom is -0.504 e. The second kappa shape index (κ2) is 17.2. The maximum atomic E-state index is 13.1. The van der Waals surface area contributed by atoms with Crippen molar-refractivity contribution in [2.24, 2.45) is 5.92 Å². The molecule has 0 radical (unpaired) electrons. The first-order chi connectivity index (χ1) is 25.1. The van der Waals surface area contributed by atoms with E-state index in [9.17, 15) is 61.0 Å². The van der Waals surface area contributed by atoms with Crippen LogP contribution in [0.15, 0.2) is 42.5 Å². The molecule has 294 valence electrons. The summed E-state index contributed by atoms with van der Waals surface area (Å²) in [5, 5.41) is 114. The van der Waals surface area contributed by atoms with Gasteiger partial charge in [0.15, 0.2) is 41.7 Å². The highest BCUT2D eigenvalue weighted by Crippen LogP contribution is 2.38. The van der Waals surface area contributed by atoms with Gasteiger partial charge in [0.2, 0.25) is 0 Å². The minimum atomic E-state index is -1.95. The SMILES string of the molecule is CC1OC(OC2C(O)C(OCCc3ccc(O)c(O)c3)OC(CO)C2OC(=O)C=Cc2ccc(O)c(O)c2)C(O)C(CC2OCC(O)(CO)C2O)C1O. The van der Waals surface area contributed by atoms with Crippen LogP contribution in [0.5, 0.6) is 23.0 Å². The van der Waals surface area contributed by atoms with E-state index in [1.807, 2.05) is 0 Å². The molecule has 0 aliphatic carbocycles. The number of aliphatic hydroxyl groups is 7. The summed E-state index contributed by atoms with van der Waals surface area (Å²) in [6.07, 6.45) is -13.9. The number of aromatic hydroxyl groups is 4. The molecule has 0 amide bonds. The van der Waals surface area contributed by atoms with E-state index in [0.29, 0.717) is 11.1 Å². The number of benzene rings is 2. The Morgan fingerprint density at radius 1 is 0.868 bits per heavy atom. The first-order valence-corrected chi connectivity index (χ1v) is 16.9. The van der Waals surface area contributed by atoms with Gasteiger partial charge in [0.05, 0.1) is 44.7 Å². The van der Waals surface area contributed by atoms with Gasteiger partial charge in [-0.2, -0.15) is 0 Å². The Morgan fingerprint density at radius 3 is 2.21 bits per heavy atom. The molecule has 3 heterocycles. The lowest BCUT2D eigenvalue weighted by Gasteiger charge is -2.47. The maximum absolute atomic E-state index is 13.1. The number of rotatable bonds is 13. The number of phenolic OH excluding ortho intramolecular Hbond substituents is 4. The highest BCUT2D eigenvalue weighted by Gasteiger charge is 2.54. The Bertz CT molecular complexity index is 1570. The molecular formula is C35H46O18. The average molecular weight is 755 g/mol. The molecule has 0 aromatic heterocycles. The molecule has 0 spiro atoms. The fourth-order valence-corrected chi connectivity index (χ4v) is 6.52. The third-order valence-corrected chi connectivity index (χ3v) is 9.68. The Kier molecular flexibility index (Phi) is 13.2. The molecular weight excluding hydrogens is 708 g/mol. The molecule has 0 bridgehead atoms. The lowest BCUT2D eigenvalue weighted by atomic mass is 9.82. The molecule has 2 aromatic carbocycles. The molecule has 3 fully saturated rings. The first kappa shape index (κ1) is 40.6. The van der Waals surface area contributed by atoms with E-state index in [1.54, 1.807) is 0 Å². The van der Waals surface area contributed by atoms with Gasteiger partial charge in [-0.25, -0.2) is 4.79 Å². The van der Waals surface area contributed by atoms with Gasteiger partial charge in [0, 0.05) is 12.0 Å². The van der Waals surface area contributed by atoms with Crippen molar-refractivity contribution in [1.29, 1.82) is 0 Å². The molecule has 18 heteroatoms. The van der Waals surface area contributed by atoms with Gasteiger partial charge < -0.3 is 84.6 Å². The molecule has 0 saturated carbocycles. The van der Waals surface area contributed by atoms with Crippen molar-refractivity contribution in [2.45, 2.75) is 92.9 Å². The summed E-state index contributed by atoms with van der Waals surface area (Å²) < 4.78 is 34.5. The Morgan fingerprint density at radius 2 is 1.57 bits per heavy atom. The molecule has 11 N–H and O–H groups in total. The summed E-state index contributed by atoms with van der Waals surface area (Å²) in [5.41, 5.74) is -1.08. The summed E-state index contributed by atoms with van der Waals surface area (Å²) in [6.45, 7) is -0.610. The second-order valence-corrected chi connectivity index (χ2v) is 13.4. The second-order valence-electron chi connectivity index (χ2n) is 13.4. The molecule has 3 aliphatic heterocycles. The van der Waals surface area contributed by atoms with Gasteiger partial charge >= 0.3 is 5.97 Å². The predicted molar refractivity (Wildman–Crippen MR) is 177 cm³/mol. The van der Waals surface area contributed by atoms with Crippen LogP contribution in [0.1, 0.15) is 24.5 Å². The van der Waals surface area contributed by atoms with Crippen molar-refractivity contribution < 1.29 is 89.4 Å². The Labute approximate surface area is 303 Å². The smallest absolute Gasteiger partial charge is 0.331 e. The van der Waals surface area contributed by atoms with E-state index in [1.165, 1.54) is 49.4 Å². The van der Waals surface area contributed by atoms with Crippen LogP contribution in [0.3, 0.4) is 0 Å². The normalized spacial score (nSPS) is 36.2. The van der Waals surface area contributed by atoms with Crippen molar-refractivity contribution >= 4 is 12.0 Å². The van der Waals surface area contributed by atoms with E-state index in [2.05, 4.69) is 0 Å². The van der Waals surface area contributed by atoms with Crippen LogP contribution >= 0.6 is 0 Å². The largest absolute Gasteiger partial charge is 0.504 e. The van der Waals surface area contributed by atoms with Crippen molar-refractivity contribution in [1.82, 2.24) is 0 Å². The van der Waals surface area contributed by atoms with Crippen LogP contribution in [-0.4, -0.2) is 162 Å². The molecule has 13 unspecified atom stereocenters. The number of ether oxygens (including phenoxy) is 6. The minimum absolute atomic E-state index is 0.110. The molecule has 3 saturated heterocycles. The first-order valence-electron chi connectivity index (χ1n) is 16.9. The van der Waals surface area contributed by atoms with Crippen LogP contribution in [0.25, 0.3) is 6.08 Å². The standard InChI is InChI=1S/C35H46O18/c1-16-27(43)19(12-24-32(46)35(47,14-37)15-49-24)28(44)34(50-16)53-31-29(45)33(48-9-8-18-3-6-21(39)23(41)11-18)51-25(13-36)30(31)52-26(42)7-4-17-2-5-20(38)22(40)10-17/h2-7,10-11,16,19,24-25,27-34,36-41,43-47H,8-9,12-15H2,1H3. The lowest BCUT2D eigenvalue weighted by molar-refractivity contribution is -0.355. The van der Waals surface area contributed by atoms with Crippen molar-refractivity contribution in [3.05, 3.63) is 53.6 Å². The van der Waals surface area contributed by atoms with Gasteiger partial charge in [-0.3, -0.25) is 0 Å². The van der Waals surface area contributed by atoms with Crippen molar-refractivity contribution in [3.8, 4) is 23.0 Å². The fourth-order valence-electron chi connectivity index (χ4n) is 6.52. The Hall–Kier alpha value is -3.63. The summed E-state index contributed by atoms with van der Waals surface area (Å²) in [4.78, 5) is 13.1. The molecule has 18 nitrogen and oxygen atoms in total. The van der Waals surface area contributed by atoms with Crippen LogP contribution in [0.2, 0.25) is 0 Å². The third-order valence-electron chi connectivity index (χ3n) is 9.68. The summed E-state index contributed by atoms with van der Waals surface area (Å²) in [7, 11) is 0. The number of carbonyl (C=O) groups excluding carboxylic acids is 1. The topological polar surface area (TPSA) is 295 Å². The number of hydrogen-bond acceptors (Lipinski definition) is 18. The molecule has 5 rings (SSSR count). The van der Waals surface area contributed by atoms with Gasteiger partial charge in [0.25, 0.3) is 0 Å². The van der Waals surface area contributed by atoms with E-state index in [4.69, 9.17) is 28.4 Å². The van der Waals surface area contributed by atoms with Crippen molar-refractivity contribution in [2.75, 3.05) is 26.4 Å². The quantitative estimate of drug-likeness (QED) is 0.0605. The van der Waals surface area contributed by atoms with Gasteiger partial charge in [0.1, 0.15) is 36.1 Å². The molecule has 13 atom stereocenters. The van der Waals surface area contributed by atoms with Gasteiger partial charge in [-0.1, -0.05) is 12.1 Å². The van der Waals surface area contributed by atoms with Gasteiger partial charge in [-0.15, -0.1) is 0 Å². The number of esters is 1. The lowest BCUT2D eigenvalue weighted by Crippen LogP contribution is -2.64. The number of carbonyl (C=O) groups is 1. The van der Waals surface area contributed by atoms with E-state index >= 15 is 0 Å². The maximum Gasteiger partial charge on any atom is 0.331 e. The highest BCUT2D eigenvalue weighted by molar-refractivity contribution is 5.87. The third kappa shape index (κ3) is 9.19. The Balaban J connectivity index is 1.36. The number of aliphatic hydroxyl groups excluding tert-OH is 6. The van der Waals surface area contributed by atoms with Crippen molar-refractivity contribution in [3.63, 3.8) is 0 Å². The zero-order valence-electron chi connectivity index (χ0n) is 28.6. The van der Waals surface area contributed by atoms with Gasteiger partial charge in [-0.05, 0) is 61.2 Å². The fraction of sp³-hybridized carbons (Fsp3) is 0.571. The zero-order valence-corrected chi connectivity index (χ0v) is 28.6. The predicted octanol–water partition coefficient (Wildman–Crippen LogP) is -1.89.